The van der Waals surface area contributed by atoms with Crippen LogP contribution in [0.5, 0.6) is 5.75 Å². The molecule has 0 bridgehead atoms. The first-order chi connectivity index (χ1) is 7.74. The van der Waals surface area contributed by atoms with Gasteiger partial charge in [-0.3, -0.25) is 4.79 Å². The summed E-state index contributed by atoms with van der Waals surface area (Å²) in [5.74, 6) is 3.54. The van der Waals surface area contributed by atoms with Gasteiger partial charge < -0.3 is 9.64 Å². The van der Waals surface area contributed by atoms with Crippen LogP contribution in [0.4, 0.5) is 5.69 Å². The van der Waals surface area contributed by atoms with E-state index in [9.17, 15) is 4.79 Å². The van der Waals surface area contributed by atoms with Crippen molar-refractivity contribution in [1.82, 2.24) is 0 Å². The van der Waals surface area contributed by atoms with Gasteiger partial charge in [0.2, 0.25) is 5.91 Å². The Hall–Kier alpha value is -1.95. The van der Waals surface area contributed by atoms with Crippen molar-refractivity contribution < 1.29 is 9.53 Å². The molecule has 1 aromatic carbocycles. The number of carbonyl (C=O) groups excluding carboxylic acids is 1. The lowest BCUT2D eigenvalue weighted by Gasteiger charge is -2.16. The Bertz CT molecular complexity index is 430. The van der Waals surface area contributed by atoms with Crippen LogP contribution in [0.1, 0.15) is 6.42 Å². The van der Waals surface area contributed by atoms with Gasteiger partial charge in [0.25, 0.3) is 0 Å². The predicted octanol–water partition coefficient (Wildman–Crippen LogP) is 1.68. The minimum atomic E-state index is 0.0367. The van der Waals surface area contributed by atoms with Crippen molar-refractivity contribution in [2.24, 2.45) is 5.92 Å². The highest BCUT2D eigenvalue weighted by molar-refractivity contribution is 5.96. The third-order valence-electron chi connectivity index (χ3n) is 2.74. The summed E-state index contributed by atoms with van der Waals surface area (Å²) in [6.07, 6.45) is 5.78. The molecule has 1 aromatic rings. The van der Waals surface area contributed by atoms with Crippen molar-refractivity contribution in [2.75, 3.05) is 18.6 Å². The van der Waals surface area contributed by atoms with Crippen LogP contribution in [0.25, 0.3) is 0 Å². The lowest BCUT2D eigenvalue weighted by Crippen LogP contribution is -2.24. The van der Waals surface area contributed by atoms with Gasteiger partial charge in [-0.05, 0) is 24.3 Å². The number of ether oxygens (including phenoxy) is 1. The molecule has 1 unspecified atom stereocenters. The molecule has 0 spiro atoms. The minimum Gasteiger partial charge on any atom is -0.497 e. The van der Waals surface area contributed by atoms with Crippen molar-refractivity contribution in [1.29, 1.82) is 0 Å². The second-order valence-electron chi connectivity index (χ2n) is 3.77. The van der Waals surface area contributed by atoms with Crippen molar-refractivity contribution in [3.8, 4) is 18.1 Å². The van der Waals surface area contributed by atoms with E-state index in [4.69, 9.17) is 11.2 Å². The van der Waals surface area contributed by atoms with Crippen LogP contribution in [0, 0.1) is 18.3 Å². The Morgan fingerprint density at radius 1 is 1.44 bits per heavy atom. The molecule has 3 heteroatoms. The molecule has 1 amide bonds. The zero-order chi connectivity index (χ0) is 11.5. The van der Waals surface area contributed by atoms with Crippen molar-refractivity contribution in [2.45, 2.75) is 6.42 Å². The first-order valence-corrected chi connectivity index (χ1v) is 5.15. The average Bonchev–Trinajstić information content (AvgIpc) is 2.71. The van der Waals surface area contributed by atoms with Gasteiger partial charge in [0.05, 0.1) is 7.11 Å². The third kappa shape index (κ3) is 1.87. The van der Waals surface area contributed by atoms with Crippen LogP contribution in [-0.2, 0) is 4.79 Å². The number of anilines is 1. The summed E-state index contributed by atoms with van der Waals surface area (Å²) in [7, 11) is 1.62. The normalized spacial score (nSPS) is 19.6. The van der Waals surface area contributed by atoms with E-state index in [2.05, 4.69) is 5.92 Å². The van der Waals surface area contributed by atoms with E-state index in [0.717, 1.165) is 11.4 Å². The highest BCUT2D eigenvalue weighted by Gasteiger charge is 2.29. The molecule has 1 saturated heterocycles. The lowest BCUT2D eigenvalue weighted by molar-refractivity contribution is -0.117. The van der Waals surface area contributed by atoms with Gasteiger partial charge in [0.15, 0.2) is 0 Å². The summed E-state index contributed by atoms with van der Waals surface area (Å²) in [6, 6.07) is 7.42. The Morgan fingerprint density at radius 3 is 2.62 bits per heavy atom. The maximum Gasteiger partial charge on any atom is 0.228 e. The molecule has 1 atom stereocenters. The molecule has 1 aliphatic rings. The fraction of sp³-hybridized carbons (Fsp3) is 0.308. The maximum atomic E-state index is 11.7. The van der Waals surface area contributed by atoms with Crippen LogP contribution >= 0.6 is 0 Å². The molecule has 0 radical (unpaired) electrons. The second-order valence-corrected chi connectivity index (χ2v) is 3.77. The number of hydrogen-bond acceptors (Lipinski definition) is 2. The number of amides is 1. The molecule has 0 saturated carbocycles. The van der Waals surface area contributed by atoms with Gasteiger partial charge in [-0.1, -0.05) is 0 Å². The lowest BCUT2D eigenvalue weighted by atomic mass is 10.1. The highest BCUT2D eigenvalue weighted by atomic mass is 16.5. The number of methoxy groups -OCH3 is 1. The predicted molar refractivity (Wildman–Crippen MR) is 62.3 cm³/mol. The van der Waals surface area contributed by atoms with E-state index >= 15 is 0 Å². The van der Waals surface area contributed by atoms with Crippen molar-refractivity contribution in [3.63, 3.8) is 0 Å². The number of terminal acetylenes is 1. The van der Waals surface area contributed by atoms with Gasteiger partial charge in [0, 0.05) is 24.6 Å². The second kappa shape index (κ2) is 4.28. The van der Waals surface area contributed by atoms with E-state index in [-0.39, 0.29) is 11.8 Å². The Morgan fingerprint density at radius 2 is 2.12 bits per heavy atom. The van der Waals surface area contributed by atoms with Gasteiger partial charge in [-0.25, -0.2) is 0 Å². The number of rotatable bonds is 2. The van der Waals surface area contributed by atoms with Crippen LogP contribution in [0.15, 0.2) is 24.3 Å². The Labute approximate surface area is 95.0 Å². The van der Waals surface area contributed by atoms with Crippen LogP contribution in [-0.4, -0.2) is 19.6 Å². The van der Waals surface area contributed by atoms with Gasteiger partial charge >= 0.3 is 0 Å². The maximum absolute atomic E-state index is 11.7. The zero-order valence-electron chi connectivity index (χ0n) is 9.14. The fourth-order valence-corrected chi connectivity index (χ4v) is 1.83. The summed E-state index contributed by atoms with van der Waals surface area (Å²) >= 11 is 0. The van der Waals surface area contributed by atoms with E-state index in [1.54, 1.807) is 12.0 Å². The molecular weight excluding hydrogens is 202 g/mol. The molecular formula is C13H13NO2. The minimum absolute atomic E-state index is 0.0367. The van der Waals surface area contributed by atoms with Crippen molar-refractivity contribution >= 4 is 11.6 Å². The Balaban J connectivity index is 2.18. The van der Waals surface area contributed by atoms with Crippen LogP contribution in [0.2, 0.25) is 0 Å². The number of nitrogens with zero attached hydrogens (tertiary/aromatic N) is 1. The van der Waals surface area contributed by atoms with E-state index in [0.29, 0.717) is 13.0 Å². The quantitative estimate of drug-likeness (QED) is 0.702. The molecule has 1 heterocycles. The summed E-state index contributed by atoms with van der Waals surface area (Å²) in [5, 5.41) is 0. The Kier molecular flexibility index (Phi) is 2.82. The van der Waals surface area contributed by atoms with E-state index in [1.165, 1.54) is 0 Å². The molecule has 2 rings (SSSR count). The first kappa shape index (κ1) is 10.6. The van der Waals surface area contributed by atoms with E-state index < -0.39 is 0 Å². The van der Waals surface area contributed by atoms with Crippen LogP contribution in [0.3, 0.4) is 0 Å². The highest BCUT2D eigenvalue weighted by Crippen LogP contribution is 2.26. The summed E-state index contributed by atoms with van der Waals surface area (Å²) in [6.45, 7) is 0.613. The number of benzene rings is 1. The van der Waals surface area contributed by atoms with Crippen LogP contribution < -0.4 is 9.64 Å². The average molecular weight is 215 g/mol. The SMILES string of the molecule is C#CC1CC(=O)N(c2ccc(OC)cc2)C1. The molecule has 82 valence electrons. The van der Waals surface area contributed by atoms with Gasteiger partial charge in [0.1, 0.15) is 5.75 Å². The molecule has 1 aliphatic heterocycles. The summed E-state index contributed by atoms with van der Waals surface area (Å²) in [4.78, 5) is 13.4. The molecule has 0 aliphatic carbocycles. The largest absolute Gasteiger partial charge is 0.497 e. The smallest absolute Gasteiger partial charge is 0.228 e. The standard InChI is InChI=1S/C13H13NO2/c1-3-10-8-13(15)14(9-10)11-4-6-12(16-2)7-5-11/h1,4-7,10H,8-9H2,2H3. The third-order valence-corrected chi connectivity index (χ3v) is 2.74. The summed E-state index contributed by atoms with van der Waals surface area (Å²) in [5.41, 5.74) is 0.878. The van der Waals surface area contributed by atoms with Crippen molar-refractivity contribution in [3.05, 3.63) is 24.3 Å². The number of carbonyl (C=O) groups is 1. The first-order valence-electron chi connectivity index (χ1n) is 5.15. The zero-order valence-corrected chi connectivity index (χ0v) is 9.14. The van der Waals surface area contributed by atoms with E-state index in [1.807, 2.05) is 24.3 Å². The van der Waals surface area contributed by atoms with Gasteiger partial charge in [-0.15, -0.1) is 12.3 Å². The molecule has 1 fully saturated rings. The molecule has 3 nitrogen and oxygen atoms in total. The summed E-state index contributed by atoms with van der Waals surface area (Å²) < 4.78 is 5.07. The molecule has 0 N–H and O–H groups in total. The number of hydrogen-bond donors (Lipinski definition) is 0. The fourth-order valence-electron chi connectivity index (χ4n) is 1.83. The van der Waals surface area contributed by atoms with Gasteiger partial charge in [-0.2, -0.15) is 0 Å². The molecule has 0 aromatic heterocycles. The molecule has 16 heavy (non-hydrogen) atoms. The monoisotopic (exact) mass is 215 g/mol. The topological polar surface area (TPSA) is 29.5 Å².